The van der Waals surface area contributed by atoms with Crippen LogP contribution >= 0.6 is 0 Å². The molecule has 0 saturated heterocycles. The van der Waals surface area contributed by atoms with Gasteiger partial charge in [-0.1, -0.05) is 231 Å². The number of fused-ring (bicyclic) bond motifs is 22. The number of para-hydroxylation sites is 1. The average molecular weight is 900 g/mol. The molecule has 0 unspecified atom stereocenters. The van der Waals surface area contributed by atoms with Gasteiger partial charge < -0.3 is 0 Å². The highest BCUT2D eigenvalue weighted by atomic mass is 15.2. The van der Waals surface area contributed by atoms with Gasteiger partial charge in [0.15, 0.2) is 0 Å². The Morgan fingerprint density at radius 2 is 0.775 bits per heavy atom. The summed E-state index contributed by atoms with van der Waals surface area (Å²) in [4.78, 5) is 11.1. The molecule has 13 aromatic rings. The van der Waals surface area contributed by atoms with Crippen molar-refractivity contribution in [1.29, 1.82) is 0 Å². The molecule has 2 aromatic heterocycles. The maximum atomic E-state index is 5.63. The summed E-state index contributed by atoms with van der Waals surface area (Å²) in [5, 5.41) is 5.70. The summed E-state index contributed by atoms with van der Waals surface area (Å²) in [6.07, 6.45) is 0. The molecule has 3 aliphatic rings. The van der Waals surface area contributed by atoms with Crippen molar-refractivity contribution in [1.82, 2.24) is 14.5 Å². The number of nitrogens with zero attached hydrogens (tertiary/aromatic N) is 3. The van der Waals surface area contributed by atoms with Gasteiger partial charge in [-0.15, -0.1) is 0 Å². The van der Waals surface area contributed by atoms with E-state index in [-0.39, 0.29) is 0 Å². The summed E-state index contributed by atoms with van der Waals surface area (Å²) in [6, 6.07) is 92.4. The molecule has 2 spiro atoms. The van der Waals surface area contributed by atoms with E-state index in [2.05, 4.69) is 253 Å². The van der Waals surface area contributed by atoms with Crippen LogP contribution in [-0.4, -0.2) is 14.5 Å². The lowest BCUT2D eigenvalue weighted by Gasteiger charge is -2.48. The predicted octanol–water partition coefficient (Wildman–Crippen LogP) is 16.3. The van der Waals surface area contributed by atoms with Gasteiger partial charge >= 0.3 is 0 Å². The van der Waals surface area contributed by atoms with Crippen LogP contribution in [0, 0.1) is 0 Å². The minimum absolute atomic E-state index is 0.505. The normalized spacial score (nSPS) is 14.1. The van der Waals surface area contributed by atoms with Crippen LogP contribution in [0.3, 0.4) is 0 Å². The van der Waals surface area contributed by atoms with E-state index in [1.54, 1.807) is 0 Å². The maximum Gasteiger partial charge on any atom is 0.235 e. The zero-order valence-electron chi connectivity index (χ0n) is 38.5. The van der Waals surface area contributed by atoms with Crippen LogP contribution in [-0.2, 0) is 10.8 Å². The standard InChI is InChI=1S/C68H41N3/c1-2-18-42(19-3-1)43-34-36-45(37-35-43)64-51-25-9-17-33-62(51)69-66(70-64)71-63-41-52-49-24-8-12-28-56(49)68(61(52)40-53(63)50-39-38-44-20-4-5-21-46(44)65(50)71)59-31-15-13-29-57(59)67(58-30-14-16-32-60(58)68)54-26-10-6-22-47(54)48-23-7-11-27-55(48)67/h1-41H. The van der Waals surface area contributed by atoms with E-state index >= 15 is 0 Å². The molecule has 0 radical (unpaired) electrons. The first-order chi connectivity index (χ1) is 35.2. The Hall–Kier alpha value is -9.18. The number of hydrogen-bond acceptors (Lipinski definition) is 2. The fraction of sp³-hybridized carbons (Fsp3) is 0.0294. The first-order valence-corrected chi connectivity index (χ1v) is 24.7. The second-order valence-corrected chi connectivity index (χ2v) is 19.5. The van der Waals surface area contributed by atoms with E-state index in [0.29, 0.717) is 5.95 Å². The van der Waals surface area contributed by atoms with Crippen molar-refractivity contribution in [2.45, 2.75) is 10.8 Å². The molecule has 3 aliphatic carbocycles. The van der Waals surface area contributed by atoms with Crippen LogP contribution in [0.5, 0.6) is 0 Å². The van der Waals surface area contributed by atoms with Gasteiger partial charge in [0.1, 0.15) is 0 Å². The summed E-state index contributed by atoms with van der Waals surface area (Å²) in [5.74, 6) is 0.650. The Bertz CT molecular complexity index is 4310. The number of benzene rings is 11. The number of aromatic nitrogens is 3. The van der Waals surface area contributed by atoms with E-state index in [4.69, 9.17) is 9.97 Å². The Labute approximate surface area is 410 Å². The third kappa shape index (κ3) is 4.92. The monoisotopic (exact) mass is 899 g/mol. The first-order valence-electron chi connectivity index (χ1n) is 24.7. The predicted molar refractivity (Wildman–Crippen MR) is 290 cm³/mol. The van der Waals surface area contributed by atoms with Crippen molar-refractivity contribution in [3.8, 4) is 50.6 Å². The summed E-state index contributed by atoms with van der Waals surface area (Å²) >= 11 is 0. The summed E-state index contributed by atoms with van der Waals surface area (Å²) < 4.78 is 2.36. The zero-order valence-corrected chi connectivity index (χ0v) is 38.5. The minimum atomic E-state index is -0.616. The van der Waals surface area contributed by atoms with Crippen molar-refractivity contribution < 1.29 is 0 Å². The molecular weight excluding hydrogens is 859 g/mol. The van der Waals surface area contributed by atoms with E-state index < -0.39 is 10.8 Å². The molecule has 0 fully saturated rings. The van der Waals surface area contributed by atoms with Crippen molar-refractivity contribution in [2.75, 3.05) is 0 Å². The van der Waals surface area contributed by atoms with Gasteiger partial charge in [0.2, 0.25) is 5.95 Å². The van der Waals surface area contributed by atoms with E-state index in [1.165, 1.54) is 94.0 Å². The Kier molecular flexibility index (Phi) is 7.75. The highest BCUT2D eigenvalue weighted by Crippen LogP contribution is 2.67. The quantitative estimate of drug-likeness (QED) is 0.177. The average Bonchev–Trinajstić information content (AvgIpc) is 4.05. The van der Waals surface area contributed by atoms with Crippen LogP contribution in [0.1, 0.15) is 44.5 Å². The second kappa shape index (κ2) is 14.2. The molecular formula is C68H41N3. The van der Waals surface area contributed by atoms with Crippen molar-refractivity contribution in [3.63, 3.8) is 0 Å². The molecule has 3 heteroatoms. The summed E-state index contributed by atoms with van der Waals surface area (Å²) in [5.41, 5.74) is 22.0. The Morgan fingerprint density at radius 1 is 0.296 bits per heavy atom. The highest BCUT2D eigenvalue weighted by molar-refractivity contribution is 6.20. The lowest BCUT2D eigenvalue weighted by Crippen LogP contribution is -2.43. The Balaban J connectivity index is 1.01. The molecule has 3 nitrogen and oxygen atoms in total. The molecule has 0 aliphatic heterocycles. The minimum Gasteiger partial charge on any atom is -0.277 e. The van der Waals surface area contributed by atoms with E-state index in [1.807, 2.05) is 0 Å². The fourth-order valence-corrected chi connectivity index (χ4v) is 13.5. The SMILES string of the molecule is c1ccc(-c2ccc(-c3nc(-n4c5cc6c(cc5c5ccc7ccccc7c54)C4(c5ccccc5-6)c5ccccc5C5(c6ccccc6-c6ccccc65)c5ccccc54)nc4ccccc34)cc2)cc1. The van der Waals surface area contributed by atoms with Gasteiger partial charge in [0, 0.05) is 27.1 Å². The topological polar surface area (TPSA) is 30.7 Å². The van der Waals surface area contributed by atoms with Gasteiger partial charge in [-0.25, -0.2) is 9.97 Å². The number of rotatable bonds is 3. The summed E-state index contributed by atoms with van der Waals surface area (Å²) in [6.45, 7) is 0. The molecule has 0 amide bonds. The molecule has 11 aromatic carbocycles. The first kappa shape index (κ1) is 38.8. The number of hydrogen-bond donors (Lipinski definition) is 0. The van der Waals surface area contributed by atoms with E-state index in [0.717, 1.165) is 38.6 Å². The molecule has 71 heavy (non-hydrogen) atoms. The van der Waals surface area contributed by atoms with E-state index in [9.17, 15) is 0 Å². The molecule has 328 valence electrons. The molecule has 0 atom stereocenters. The molecule has 0 bridgehead atoms. The van der Waals surface area contributed by atoms with Crippen LogP contribution in [0.2, 0.25) is 0 Å². The van der Waals surface area contributed by atoms with Crippen LogP contribution in [0.15, 0.2) is 249 Å². The van der Waals surface area contributed by atoms with Crippen molar-refractivity contribution in [2.24, 2.45) is 0 Å². The fourth-order valence-electron chi connectivity index (χ4n) is 13.5. The third-order valence-corrected chi connectivity index (χ3v) is 16.3. The molecule has 0 saturated carbocycles. The molecule has 16 rings (SSSR count). The zero-order chi connectivity index (χ0) is 46.4. The molecule has 0 N–H and O–H groups in total. The van der Waals surface area contributed by atoms with Gasteiger partial charge in [0.25, 0.3) is 0 Å². The maximum absolute atomic E-state index is 5.63. The van der Waals surface area contributed by atoms with Gasteiger partial charge in [-0.05, 0) is 101 Å². The third-order valence-electron chi connectivity index (χ3n) is 16.3. The smallest absolute Gasteiger partial charge is 0.235 e. The Morgan fingerprint density at radius 3 is 1.41 bits per heavy atom. The summed E-state index contributed by atoms with van der Waals surface area (Å²) in [7, 11) is 0. The van der Waals surface area contributed by atoms with Crippen LogP contribution in [0.4, 0.5) is 0 Å². The lowest BCUT2D eigenvalue weighted by atomic mass is 9.52. The van der Waals surface area contributed by atoms with Gasteiger partial charge in [0.05, 0.1) is 33.1 Å². The highest BCUT2D eigenvalue weighted by Gasteiger charge is 2.59. The lowest BCUT2D eigenvalue weighted by molar-refractivity contribution is 0.633. The van der Waals surface area contributed by atoms with Crippen LogP contribution in [0.25, 0.3) is 94.1 Å². The second-order valence-electron chi connectivity index (χ2n) is 19.5. The largest absolute Gasteiger partial charge is 0.277 e. The van der Waals surface area contributed by atoms with Crippen LogP contribution < -0.4 is 0 Å². The van der Waals surface area contributed by atoms with Crippen molar-refractivity contribution in [3.05, 3.63) is 293 Å². The molecule has 2 heterocycles. The van der Waals surface area contributed by atoms with Crippen molar-refractivity contribution >= 4 is 43.5 Å². The van der Waals surface area contributed by atoms with Gasteiger partial charge in [-0.2, -0.15) is 0 Å². The van der Waals surface area contributed by atoms with Gasteiger partial charge in [-0.3, -0.25) is 4.57 Å².